The Kier molecular flexibility index (Phi) is 5.20. The fraction of sp³-hybridized carbons (Fsp3) is 0.0588. The first-order valence-electron chi connectivity index (χ1n) is 7.50. The number of nitro groups is 1. The van der Waals surface area contributed by atoms with Crippen LogP contribution in [0, 0.1) is 17.0 Å². The van der Waals surface area contributed by atoms with E-state index in [0.717, 1.165) is 11.3 Å². The standard InChI is InChI=1S/C17H13Cl2N5O2/c1-10-4-2-3-5-14(10)23-17-15(24(25)26)16(20-9-21-17)22-11-6-7-12(18)13(19)8-11/h2-9H,1H3,(H2,20,21,22,23). The number of rotatable bonds is 5. The number of benzene rings is 2. The second-order valence-corrected chi connectivity index (χ2v) is 6.18. The third-order valence-electron chi connectivity index (χ3n) is 3.59. The van der Waals surface area contributed by atoms with Crippen molar-refractivity contribution in [2.75, 3.05) is 10.6 Å². The summed E-state index contributed by atoms with van der Waals surface area (Å²) in [6.07, 6.45) is 1.24. The van der Waals surface area contributed by atoms with Crippen molar-refractivity contribution in [2.45, 2.75) is 6.92 Å². The zero-order chi connectivity index (χ0) is 18.7. The van der Waals surface area contributed by atoms with Crippen molar-refractivity contribution in [3.05, 3.63) is 74.5 Å². The second kappa shape index (κ2) is 7.55. The Morgan fingerprint density at radius 3 is 2.35 bits per heavy atom. The van der Waals surface area contributed by atoms with Crippen LogP contribution >= 0.6 is 23.2 Å². The van der Waals surface area contributed by atoms with Gasteiger partial charge in [-0.15, -0.1) is 0 Å². The molecule has 0 aliphatic carbocycles. The summed E-state index contributed by atoms with van der Waals surface area (Å²) in [5, 5.41) is 18.2. The van der Waals surface area contributed by atoms with Crippen LogP contribution in [0.25, 0.3) is 0 Å². The SMILES string of the molecule is Cc1ccccc1Nc1ncnc(Nc2ccc(Cl)c(Cl)c2)c1[N+](=O)[O-]. The molecule has 0 radical (unpaired) electrons. The molecule has 2 N–H and O–H groups in total. The maximum absolute atomic E-state index is 11.6. The molecule has 0 saturated heterocycles. The van der Waals surface area contributed by atoms with Crippen molar-refractivity contribution in [3.8, 4) is 0 Å². The normalized spacial score (nSPS) is 10.4. The van der Waals surface area contributed by atoms with Crippen LogP contribution in [0.15, 0.2) is 48.8 Å². The molecule has 0 aliphatic rings. The smallest absolute Gasteiger partial charge is 0.334 e. The molecule has 0 amide bonds. The molecule has 7 nitrogen and oxygen atoms in total. The summed E-state index contributed by atoms with van der Waals surface area (Å²) in [5.41, 5.74) is 1.89. The highest BCUT2D eigenvalue weighted by Gasteiger charge is 2.23. The first kappa shape index (κ1) is 17.9. The van der Waals surface area contributed by atoms with E-state index in [-0.39, 0.29) is 17.3 Å². The van der Waals surface area contributed by atoms with E-state index in [1.165, 1.54) is 6.33 Å². The van der Waals surface area contributed by atoms with Gasteiger partial charge in [-0.05, 0) is 36.8 Å². The zero-order valence-corrected chi connectivity index (χ0v) is 15.0. The van der Waals surface area contributed by atoms with Crippen molar-refractivity contribution >= 4 is 51.9 Å². The number of nitrogens with zero attached hydrogens (tertiary/aromatic N) is 3. The number of aryl methyl sites for hydroxylation is 1. The Balaban J connectivity index is 1.99. The van der Waals surface area contributed by atoms with Gasteiger partial charge in [0.2, 0.25) is 11.6 Å². The molecule has 0 fully saturated rings. The summed E-state index contributed by atoms with van der Waals surface area (Å²) in [5.74, 6) is 0.126. The van der Waals surface area contributed by atoms with Gasteiger partial charge in [-0.1, -0.05) is 41.4 Å². The third kappa shape index (κ3) is 3.84. The van der Waals surface area contributed by atoms with Gasteiger partial charge in [0.05, 0.1) is 15.0 Å². The van der Waals surface area contributed by atoms with E-state index in [0.29, 0.717) is 15.7 Å². The molecule has 1 heterocycles. The number of nitrogens with one attached hydrogen (secondary N) is 2. The van der Waals surface area contributed by atoms with E-state index in [9.17, 15) is 10.1 Å². The molecular weight excluding hydrogens is 377 g/mol. The lowest BCUT2D eigenvalue weighted by atomic mass is 10.2. The predicted molar refractivity (Wildman–Crippen MR) is 103 cm³/mol. The fourth-order valence-corrected chi connectivity index (χ4v) is 2.58. The molecule has 3 aromatic rings. The van der Waals surface area contributed by atoms with Crippen molar-refractivity contribution in [2.24, 2.45) is 0 Å². The van der Waals surface area contributed by atoms with E-state index >= 15 is 0 Å². The van der Waals surface area contributed by atoms with Gasteiger partial charge in [-0.2, -0.15) is 0 Å². The number of anilines is 4. The number of para-hydroxylation sites is 1. The summed E-state index contributed by atoms with van der Waals surface area (Å²) < 4.78 is 0. The molecule has 132 valence electrons. The van der Waals surface area contributed by atoms with Crippen LogP contribution in [0.3, 0.4) is 0 Å². The Bertz CT molecular complexity index is 981. The van der Waals surface area contributed by atoms with Crippen LogP contribution in [0.5, 0.6) is 0 Å². The Morgan fingerprint density at radius 2 is 1.69 bits per heavy atom. The van der Waals surface area contributed by atoms with E-state index < -0.39 is 4.92 Å². The Hall–Kier alpha value is -2.90. The van der Waals surface area contributed by atoms with Gasteiger partial charge in [0, 0.05) is 11.4 Å². The summed E-state index contributed by atoms with van der Waals surface area (Å²) in [7, 11) is 0. The highest BCUT2D eigenvalue weighted by atomic mass is 35.5. The van der Waals surface area contributed by atoms with Gasteiger partial charge in [0.1, 0.15) is 6.33 Å². The van der Waals surface area contributed by atoms with E-state index in [1.54, 1.807) is 18.2 Å². The van der Waals surface area contributed by atoms with Crippen LogP contribution in [0.4, 0.5) is 28.7 Å². The second-order valence-electron chi connectivity index (χ2n) is 5.37. The molecule has 0 unspecified atom stereocenters. The van der Waals surface area contributed by atoms with Gasteiger partial charge >= 0.3 is 5.69 Å². The summed E-state index contributed by atoms with van der Waals surface area (Å²) in [6, 6.07) is 12.2. The lowest BCUT2D eigenvalue weighted by Gasteiger charge is -2.11. The first-order chi connectivity index (χ1) is 12.5. The minimum atomic E-state index is -0.541. The minimum absolute atomic E-state index is 0.0412. The lowest BCUT2D eigenvalue weighted by molar-refractivity contribution is -0.383. The summed E-state index contributed by atoms with van der Waals surface area (Å²) in [4.78, 5) is 19.1. The molecule has 1 aromatic heterocycles. The number of hydrogen-bond acceptors (Lipinski definition) is 6. The molecule has 0 saturated carbocycles. The molecule has 26 heavy (non-hydrogen) atoms. The van der Waals surface area contributed by atoms with Gasteiger partial charge in [-0.25, -0.2) is 9.97 Å². The van der Waals surface area contributed by atoms with Crippen LogP contribution in [-0.4, -0.2) is 14.9 Å². The monoisotopic (exact) mass is 389 g/mol. The van der Waals surface area contributed by atoms with Gasteiger partial charge in [-0.3, -0.25) is 10.1 Å². The van der Waals surface area contributed by atoms with E-state index in [2.05, 4.69) is 20.6 Å². The number of halogens is 2. The van der Waals surface area contributed by atoms with Crippen LogP contribution in [0.2, 0.25) is 10.0 Å². The minimum Gasteiger partial charge on any atom is -0.334 e. The molecule has 3 rings (SSSR count). The van der Waals surface area contributed by atoms with Crippen molar-refractivity contribution in [3.63, 3.8) is 0 Å². The van der Waals surface area contributed by atoms with Gasteiger partial charge < -0.3 is 10.6 Å². The maximum Gasteiger partial charge on any atom is 0.353 e. The average Bonchev–Trinajstić information content (AvgIpc) is 2.60. The largest absolute Gasteiger partial charge is 0.353 e. The Morgan fingerprint density at radius 1 is 1.00 bits per heavy atom. The Labute approximate surface area is 159 Å². The fourth-order valence-electron chi connectivity index (χ4n) is 2.29. The molecular formula is C17H13Cl2N5O2. The van der Waals surface area contributed by atoms with Crippen LogP contribution in [-0.2, 0) is 0 Å². The van der Waals surface area contributed by atoms with Crippen molar-refractivity contribution < 1.29 is 4.92 Å². The average molecular weight is 390 g/mol. The topological polar surface area (TPSA) is 93.0 Å². The number of aromatic nitrogens is 2. The highest BCUT2D eigenvalue weighted by molar-refractivity contribution is 6.42. The molecule has 9 heteroatoms. The van der Waals surface area contributed by atoms with Crippen LogP contribution < -0.4 is 10.6 Å². The quantitative estimate of drug-likeness (QED) is 0.442. The van der Waals surface area contributed by atoms with Gasteiger partial charge in [0.15, 0.2) is 0 Å². The van der Waals surface area contributed by atoms with Gasteiger partial charge in [0.25, 0.3) is 0 Å². The molecule has 0 spiro atoms. The first-order valence-corrected chi connectivity index (χ1v) is 8.25. The highest BCUT2D eigenvalue weighted by Crippen LogP contribution is 2.34. The van der Waals surface area contributed by atoms with Crippen molar-refractivity contribution in [1.82, 2.24) is 9.97 Å². The van der Waals surface area contributed by atoms with E-state index in [1.807, 2.05) is 31.2 Å². The molecule has 0 atom stereocenters. The molecule has 2 aromatic carbocycles. The maximum atomic E-state index is 11.6. The third-order valence-corrected chi connectivity index (χ3v) is 4.32. The number of hydrogen-bond donors (Lipinski definition) is 2. The summed E-state index contributed by atoms with van der Waals surface area (Å²) >= 11 is 11.9. The van der Waals surface area contributed by atoms with Crippen LogP contribution in [0.1, 0.15) is 5.56 Å². The lowest BCUT2D eigenvalue weighted by Crippen LogP contribution is -2.06. The predicted octanol–water partition coefficient (Wildman–Crippen LogP) is 5.49. The molecule has 0 bridgehead atoms. The molecule has 0 aliphatic heterocycles. The summed E-state index contributed by atoms with van der Waals surface area (Å²) in [6.45, 7) is 1.89. The van der Waals surface area contributed by atoms with Crippen molar-refractivity contribution in [1.29, 1.82) is 0 Å². The zero-order valence-electron chi connectivity index (χ0n) is 13.5. The van der Waals surface area contributed by atoms with E-state index in [4.69, 9.17) is 23.2 Å².